The van der Waals surface area contributed by atoms with Gasteiger partial charge in [-0.15, -0.1) is 12.4 Å². The van der Waals surface area contributed by atoms with Crippen LogP contribution in [-0.2, 0) is 9.84 Å². The summed E-state index contributed by atoms with van der Waals surface area (Å²) in [6.45, 7) is 3.82. The Balaban J connectivity index is 0.00000169. The number of hydrogen-bond donors (Lipinski definition) is 1. The van der Waals surface area contributed by atoms with Crippen LogP contribution in [0.4, 0.5) is 0 Å². The average Bonchev–Trinajstić information content (AvgIpc) is 2.17. The van der Waals surface area contributed by atoms with Gasteiger partial charge in [0.05, 0.1) is 5.75 Å². The van der Waals surface area contributed by atoms with Crippen molar-refractivity contribution in [2.75, 3.05) is 24.6 Å². The van der Waals surface area contributed by atoms with Gasteiger partial charge in [0.1, 0.15) is 9.84 Å². The topological polar surface area (TPSA) is 46.2 Å². The van der Waals surface area contributed by atoms with Gasteiger partial charge in [0.25, 0.3) is 0 Å². The van der Waals surface area contributed by atoms with E-state index in [1.54, 1.807) is 6.92 Å². The van der Waals surface area contributed by atoms with Crippen LogP contribution < -0.4 is 5.32 Å². The lowest BCUT2D eigenvalue weighted by Crippen LogP contribution is -2.28. The molecule has 0 amide bonds. The van der Waals surface area contributed by atoms with Crippen molar-refractivity contribution >= 4 is 22.2 Å². The van der Waals surface area contributed by atoms with E-state index in [9.17, 15) is 8.42 Å². The van der Waals surface area contributed by atoms with E-state index in [-0.39, 0.29) is 18.2 Å². The van der Waals surface area contributed by atoms with Gasteiger partial charge in [-0.3, -0.25) is 0 Å². The molecule has 3 nitrogen and oxygen atoms in total. The van der Waals surface area contributed by atoms with Gasteiger partial charge in [-0.25, -0.2) is 8.42 Å². The highest BCUT2D eigenvalue weighted by Crippen LogP contribution is 2.16. The standard InChI is InChI=1S/C9H19NO2S.ClH/c1-2-13(11,12)8-5-9-3-6-10-7-4-9;/h9-10H,2-8H2,1H3;1H. The number of piperidine rings is 1. The Labute approximate surface area is 93.0 Å². The van der Waals surface area contributed by atoms with Crippen molar-refractivity contribution in [1.82, 2.24) is 5.32 Å². The molecule has 0 aromatic carbocycles. The first-order valence-corrected chi connectivity index (χ1v) is 6.87. The Morgan fingerprint density at radius 3 is 2.36 bits per heavy atom. The van der Waals surface area contributed by atoms with E-state index in [2.05, 4.69) is 5.32 Å². The van der Waals surface area contributed by atoms with Gasteiger partial charge in [-0.1, -0.05) is 6.92 Å². The summed E-state index contributed by atoms with van der Waals surface area (Å²) in [7, 11) is -2.74. The van der Waals surface area contributed by atoms with Crippen molar-refractivity contribution in [3.8, 4) is 0 Å². The van der Waals surface area contributed by atoms with Crippen molar-refractivity contribution in [2.24, 2.45) is 5.92 Å². The Hall–Kier alpha value is 0.200. The molecule has 1 fully saturated rings. The van der Waals surface area contributed by atoms with E-state index in [1.165, 1.54) is 0 Å². The molecule has 0 aromatic heterocycles. The predicted molar refractivity (Wildman–Crippen MR) is 61.8 cm³/mol. The van der Waals surface area contributed by atoms with Gasteiger partial charge < -0.3 is 5.32 Å². The van der Waals surface area contributed by atoms with Gasteiger partial charge in [0.2, 0.25) is 0 Å². The molecule has 1 aliphatic heterocycles. The SMILES string of the molecule is CCS(=O)(=O)CCC1CCNCC1.Cl. The van der Waals surface area contributed by atoms with E-state index < -0.39 is 9.84 Å². The molecule has 0 spiro atoms. The van der Waals surface area contributed by atoms with E-state index in [0.717, 1.165) is 32.4 Å². The lowest BCUT2D eigenvalue weighted by atomic mass is 9.96. The first-order valence-electron chi connectivity index (χ1n) is 5.05. The first kappa shape index (κ1) is 14.2. The van der Waals surface area contributed by atoms with Crippen LogP contribution >= 0.6 is 12.4 Å². The molecule has 0 bridgehead atoms. The van der Waals surface area contributed by atoms with E-state index in [4.69, 9.17) is 0 Å². The second kappa shape index (κ2) is 6.64. The molecule has 14 heavy (non-hydrogen) atoms. The highest BCUT2D eigenvalue weighted by molar-refractivity contribution is 7.91. The van der Waals surface area contributed by atoms with Gasteiger partial charge in [-0.2, -0.15) is 0 Å². The second-order valence-electron chi connectivity index (χ2n) is 3.72. The molecule has 0 aromatic rings. The quantitative estimate of drug-likeness (QED) is 0.806. The van der Waals surface area contributed by atoms with Crippen molar-refractivity contribution < 1.29 is 8.42 Å². The van der Waals surface area contributed by atoms with Gasteiger partial charge in [0, 0.05) is 5.75 Å². The van der Waals surface area contributed by atoms with Crippen LogP contribution in [0, 0.1) is 5.92 Å². The number of nitrogens with one attached hydrogen (secondary N) is 1. The normalized spacial score (nSPS) is 18.9. The monoisotopic (exact) mass is 241 g/mol. The second-order valence-corrected chi connectivity index (χ2v) is 6.19. The third-order valence-corrected chi connectivity index (χ3v) is 4.47. The van der Waals surface area contributed by atoms with E-state index in [0.29, 0.717) is 11.7 Å². The summed E-state index contributed by atoms with van der Waals surface area (Å²) in [5.74, 6) is 1.30. The summed E-state index contributed by atoms with van der Waals surface area (Å²) in [6, 6.07) is 0. The zero-order valence-electron chi connectivity index (χ0n) is 8.66. The van der Waals surface area contributed by atoms with Crippen LogP contribution in [-0.4, -0.2) is 33.0 Å². The summed E-state index contributed by atoms with van der Waals surface area (Å²) < 4.78 is 22.5. The molecule has 5 heteroatoms. The average molecular weight is 242 g/mol. The number of hydrogen-bond acceptors (Lipinski definition) is 3. The van der Waals surface area contributed by atoms with Crippen LogP contribution in [0.25, 0.3) is 0 Å². The summed E-state index contributed by atoms with van der Waals surface area (Å²) in [4.78, 5) is 0. The zero-order chi connectivity index (χ0) is 9.73. The minimum Gasteiger partial charge on any atom is -0.317 e. The van der Waals surface area contributed by atoms with Crippen molar-refractivity contribution in [3.05, 3.63) is 0 Å². The highest BCUT2D eigenvalue weighted by Gasteiger charge is 2.16. The molecule has 0 radical (unpaired) electrons. The molecular weight excluding hydrogens is 222 g/mol. The summed E-state index contributed by atoms with van der Waals surface area (Å²) >= 11 is 0. The number of halogens is 1. The fourth-order valence-corrected chi connectivity index (χ4v) is 2.64. The highest BCUT2D eigenvalue weighted by atomic mass is 35.5. The van der Waals surface area contributed by atoms with Gasteiger partial charge in [-0.05, 0) is 38.3 Å². The maximum absolute atomic E-state index is 11.2. The van der Waals surface area contributed by atoms with Crippen LogP contribution in [0.15, 0.2) is 0 Å². The summed E-state index contributed by atoms with van der Waals surface area (Å²) in [5, 5.41) is 3.28. The Morgan fingerprint density at radius 1 is 1.29 bits per heavy atom. The van der Waals surface area contributed by atoms with Crippen LogP contribution in [0.5, 0.6) is 0 Å². The molecular formula is C9H20ClNO2S. The smallest absolute Gasteiger partial charge is 0.150 e. The van der Waals surface area contributed by atoms with Crippen molar-refractivity contribution in [1.29, 1.82) is 0 Å². The number of sulfone groups is 1. The predicted octanol–water partition coefficient (Wildman–Crippen LogP) is 1.23. The molecule has 1 saturated heterocycles. The molecule has 0 aliphatic carbocycles. The van der Waals surface area contributed by atoms with E-state index in [1.807, 2.05) is 0 Å². The fraction of sp³-hybridized carbons (Fsp3) is 1.00. The lowest BCUT2D eigenvalue weighted by molar-refractivity contribution is 0.365. The minimum atomic E-state index is -2.74. The largest absolute Gasteiger partial charge is 0.317 e. The maximum atomic E-state index is 11.2. The molecule has 0 unspecified atom stereocenters. The van der Waals surface area contributed by atoms with Crippen molar-refractivity contribution in [3.63, 3.8) is 0 Å². The van der Waals surface area contributed by atoms with E-state index >= 15 is 0 Å². The molecule has 1 heterocycles. The van der Waals surface area contributed by atoms with Crippen molar-refractivity contribution in [2.45, 2.75) is 26.2 Å². The van der Waals surface area contributed by atoms with Gasteiger partial charge in [0.15, 0.2) is 0 Å². The third kappa shape index (κ3) is 5.17. The zero-order valence-corrected chi connectivity index (χ0v) is 10.3. The Morgan fingerprint density at radius 2 is 1.86 bits per heavy atom. The summed E-state index contributed by atoms with van der Waals surface area (Å²) in [5.41, 5.74) is 0. The summed E-state index contributed by atoms with van der Waals surface area (Å²) in [6.07, 6.45) is 3.14. The van der Waals surface area contributed by atoms with Crippen LogP contribution in [0.1, 0.15) is 26.2 Å². The molecule has 1 N–H and O–H groups in total. The molecule has 0 atom stereocenters. The molecule has 86 valence electrons. The van der Waals surface area contributed by atoms with Crippen LogP contribution in [0.2, 0.25) is 0 Å². The fourth-order valence-electron chi connectivity index (χ4n) is 1.66. The maximum Gasteiger partial charge on any atom is 0.150 e. The first-order chi connectivity index (χ1) is 6.14. The molecule has 1 aliphatic rings. The molecule has 0 saturated carbocycles. The van der Waals surface area contributed by atoms with Crippen LogP contribution in [0.3, 0.4) is 0 Å². The lowest BCUT2D eigenvalue weighted by Gasteiger charge is -2.22. The third-order valence-electron chi connectivity index (χ3n) is 2.74. The Kier molecular flexibility index (Phi) is 6.74. The minimum absolute atomic E-state index is 0. The van der Waals surface area contributed by atoms with Gasteiger partial charge >= 0.3 is 0 Å². The molecule has 1 rings (SSSR count). The number of rotatable bonds is 4. The Bertz CT molecular complexity index is 235.